The summed E-state index contributed by atoms with van der Waals surface area (Å²) in [7, 11) is 0. The summed E-state index contributed by atoms with van der Waals surface area (Å²) in [6.07, 6.45) is 8.73. The van der Waals surface area contributed by atoms with Crippen molar-refractivity contribution in [2.24, 2.45) is 17.6 Å². The summed E-state index contributed by atoms with van der Waals surface area (Å²) in [4.78, 5) is 4.67. The molecule has 1 unspecified atom stereocenters. The summed E-state index contributed by atoms with van der Waals surface area (Å²) in [6, 6.07) is 0. The Morgan fingerprint density at radius 3 is 2.52 bits per heavy atom. The highest BCUT2D eigenvalue weighted by atomic mass is 16.5. The summed E-state index contributed by atoms with van der Waals surface area (Å²) in [5.41, 5.74) is 5.86. The van der Waals surface area contributed by atoms with Gasteiger partial charge in [0.15, 0.2) is 5.82 Å². The van der Waals surface area contributed by atoms with E-state index in [1.165, 1.54) is 38.5 Å². The van der Waals surface area contributed by atoms with Crippen LogP contribution in [0.4, 0.5) is 0 Å². The van der Waals surface area contributed by atoms with Crippen molar-refractivity contribution in [1.82, 2.24) is 10.1 Å². The van der Waals surface area contributed by atoms with Crippen LogP contribution in [-0.2, 0) is 0 Å². The third-order valence-corrected chi connectivity index (χ3v) is 4.76. The molecule has 1 aliphatic carbocycles. The Bertz CT molecular complexity index is 408. The van der Waals surface area contributed by atoms with E-state index >= 15 is 0 Å². The predicted octanol–water partition coefficient (Wildman–Crippen LogP) is 4.23. The van der Waals surface area contributed by atoms with Crippen LogP contribution in [0.5, 0.6) is 0 Å². The first-order chi connectivity index (χ1) is 10.1. The zero-order valence-corrected chi connectivity index (χ0v) is 13.8. The van der Waals surface area contributed by atoms with Crippen molar-refractivity contribution in [3.05, 3.63) is 11.7 Å². The molecule has 21 heavy (non-hydrogen) atoms. The fraction of sp³-hybridized carbons (Fsp3) is 0.882. The number of aromatic nitrogens is 2. The van der Waals surface area contributed by atoms with E-state index in [2.05, 4.69) is 30.9 Å². The summed E-state index contributed by atoms with van der Waals surface area (Å²) in [5.74, 6) is 3.88. The molecule has 0 amide bonds. The molecule has 1 aliphatic rings. The molecule has 0 bridgehead atoms. The smallest absolute Gasteiger partial charge is 0.231 e. The van der Waals surface area contributed by atoms with E-state index < -0.39 is 0 Å². The summed E-state index contributed by atoms with van der Waals surface area (Å²) >= 11 is 0. The van der Waals surface area contributed by atoms with Gasteiger partial charge in [-0.2, -0.15) is 4.98 Å². The van der Waals surface area contributed by atoms with E-state index in [-0.39, 0.29) is 5.92 Å². The highest BCUT2D eigenvalue weighted by Gasteiger charge is 2.27. The van der Waals surface area contributed by atoms with Crippen LogP contribution in [0.15, 0.2) is 4.52 Å². The Morgan fingerprint density at radius 1 is 1.24 bits per heavy atom. The number of hydrogen-bond acceptors (Lipinski definition) is 4. The van der Waals surface area contributed by atoms with Crippen LogP contribution >= 0.6 is 0 Å². The van der Waals surface area contributed by atoms with Gasteiger partial charge in [-0.05, 0) is 43.9 Å². The molecule has 0 saturated heterocycles. The van der Waals surface area contributed by atoms with Gasteiger partial charge in [-0.3, -0.25) is 0 Å². The molecule has 0 spiro atoms. The Hall–Kier alpha value is -0.900. The second-order valence-corrected chi connectivity index (χ2v) is 7.06. The molecule has 1 heterocycles. The molecule has 1 saturated carbocycles. The minimum absolute atomic E-state index is 0.211. The van der Waals surface area contributed by atoms with Gasteiger partial charge >= 0.3 is 0 Å². The molecular weight excluding hydrogens is 262 g/mol. The second-order valence-electron chi connectivity index (χ2n) is 7.06. The van der Waals surface area contributed by atoms with Crippen molar-refractivity contribution in [1.29, 1.82) is 0 Å². The minimum atomic E-state index is 0.211. The Labute approximate surface area is 128 Å². The highest BCUT2D eigenvalue weighted by molar-refractivity contribution is 5.01. The van der Waals surface area contributed by atoms with Gasteiger partial charge in [0.05, 0.1) is 5.92 Å². The maximum absolute atomic E-state index is 5.86. The largest absolute Gasteiger partial charge is 0.339 e. The Kier molecular flexibility index (Phi) is 6.22. The molecular formula is C17H31N3O. The van der Waals surface area contributed by atoms with Crippen LogP contribution in [0.2, 0.25) is 0 Å². The molecule has 0 aliphatic heterocycles. The van der Waals surface area contributed by atoms with Gasteiger partial charge < -0.3 is 10.3 Å². The Balaban J connectivity index is 1.94. The molecule has 1 aromatic heterocycles. The first-order valence-corrected chi connectivity index (χ1v) is 8.67. The number of rotatable bonds is 7. The first kappa shape index (κ1) is 16.5. The molecule has 4 heteroatoms. The van der Waals surface area contributed by atoms with Gasteiger partial charge in [0.2, 0.25) is 5.89 Å². The van der Waals surface area contributed by atoms with Gasteiger partial charge in [-0.25, -0.2) is 0 Å². The second kappa shape index (κ2) is 7.92. The van der Waals surface area contributed by atoms with Crippen LogP contribution < -0.4 is 5.73 Å². The normalized spacial score (nSPS) is 24.4. The number of nitrogens with zero attached hydrogens (tertiary/aromatic N) is 2. The molecule has 2 N–H and O–H groups in total. The third kappa shape index (κ3) is 4.53. The van der Waals surface area contributed by atoms with Crippen molar-refractivity contribution < 1.29 is 4.52 Å². The predicted molar refractivity (Wildman–Crippen MR) is 85.2 cm³/mol. The summed E-state index contributed by atoms with van der Waals surface area (Å²) < 4.78 is 5.51. The van der Waals surface area contributed by atoms with E-state index in [0.717, 1.165) is 24.1 Å². The van der Waals surface area contributed by atoms with E-state index in [0.29, 0.717) is 18.4 Å². The van der Waals surface area contributed by atoms with Crippen molar-refractivity contribution in [3.63, 3.8) is 0 Å². The standard InChI is InChI=1S/C17H31N3O/c1-4-5-13-6-8-14(9-7-13)16-19-17(21-20-16)15(11-18)10-12(2)3/h12-15H,4-11,18H2,1-3H3. The van der Waals surface area contributed by atoms with Gasteiger partial charge in [0.25, 0.3) is 0 Å². The number of nitrogens with two attached hydrogens (primary N) is 1. The minimum Gasteiger partial charge on any atom is -0.339 e. The average Bonchev–Trinajstić information content (AvgIpc) is 2.95. The van der Waals surface area contributed by atoms with Crippen LogP contribution in [0, 0.1) is 11.8 Å². The lowest BCUT2D eigenvalue weighted by Crippen LogP contribution is -2.16. The molecule has 1 fully saturated rings. The number of hydrogen-bond donors (Lipinski definition) is 1. The summed E-state index contributed by atoms with van der Waals surface area (Å²) in [5, 5.41) is 4.25. The first-order valence-electron chi connectivity index (χ1n) is 8.67. The summed E-state index contributed by atoms with van der Waals surface area (Å²) in [6.45, 7) is 7.27. The van der Waals surface area contributed by atoms with Gasteiger partial charge in [0, 0.05) is 12.5 Å². The zero-order chi connectivity index (χ0) is 15.2. The monoisotopic (exact) mass is 293 g/mol. The van der Waals surface area contributed by atoms with Crippen molar-refractivity contribution in [2.45, 2.75) is 77.6 Å². The lowest BCUT2D eigenvalue weighted by atomic mass is 9.80. The van der Waals surface area contributed by atoms with E-state index in [1.807, 2.05) is 0 Å². The molecule has 4 nitrogen and oxygen atoms in total. The lowest BCUT2D eigenvalue weighted by molar-refractivity contribution is 0.292. The fourth-order valence-corrected chi connectivity index (χ4v) is 3.56. The third-order valence-electron chi connectivity index (χ3n) is 4.76. The molecule has 1 atom stereocenters. The molecule has 120 valence electrons. The maximum Gasteiger partial charge on any atom is 0.231 e. The molecule has 0 aromatic carbocycles. The van der Waals surface area contributed by atoms with Gasteiger partial charge in [-0.1, -0.05) is 38.8 Å². The molecule has 1 aromatic rings. The zero-order valence-electron chi connectivity index (χ0n) is 13.8. The van der Waals surface area contributed by atoms with Crippen molar-refractivity contribution in [2.75, 3.05) is 6.54 Å². The van der Waals surface area contributed by atoms with Crippen LogP contribution in [-0.4, -0.2) is 16.7 Å². The SMILES string of the molecule is CCCC1CCC(c2noc(C(CN)CC(C)C)n2)CC1. The van der Waals surface area contributed by atoms with Crippen molar-refractivity contribution in [3.8, 4) is 0 Å². The maximum atomic E-state index is 5.86. The van der Waals surface area contributed by atoms with Crippen LogP contribution in [0.25, 0.3) is 0 Å². The average molecular weight is 293 g/mol. The fourth-order valence-electron chi connectivity index (χ4n) is 3.56. The van der Waals surface area contributed by atoms with Gasteiger partial charge in [-0.15, -0.1) is 0 Å². The molecule has 0 radical (unpaired) electrons. The van der Waals surface area contributed by atoms with E-state index in [1.54, 1.807) is 0 Å². The topological polar surface area (TPSA) is 64.9 Å². The Morgan fingerprint density at radius 2 is 1.95 bits per heavy atom. The quantitative estimate of drug-likeness (QED) is 0.817. The van der Waals surface area contributed by atoms with Gasteiger partial charge in [0.1, 0.15) is 0 Å². The van der Waals surface area contributed by atoms with E-state index in [9.17, 15) is 0 Å². The van der Waals surface area contributed by atoms with Crippen LogP contribution in [0.3, 0.4) is 0 Å². The molecule has 2 rings (SSSR count). The lowest BCUT2D eigenvalue weighted by Gasteiger charge is -2.26. The van der Waals surface area contributed by atoms with Crippen LogP contribution in [0.1, 0.15) is 89.3 Å². The van der Waals surface area contributed by atoms with E-state index in [4.69, 9.17) is 10.3 Å². The highest BCUT2D eigenvalue weighted by Crippen LogP contribution is 2.36. The van der Waals surface area contributed by atoms with Crippen molar-refractivity contribution >= 4 is 0 Å².